The fourth-order valence-electron chi connectivity index (χ4n) is 2.65. The van der Waals surface area contributed by atoms with Crippen molar-refractivity contribution in [3.8, 4) is 0 Å². The quantitative estimate of drug-likeness (QED) is 0.567. The van der Waals surface area contributed by atoms with Crippen LogP contribution in [0.1, 0.15) is 31.7 Å². The Balaban J connectivity index is 1.69. The maximum absolute atomic E-state index is 11.9. The van der Waals surface area contributed by atoms with Crippen molar-refractivity contribution in [1.29, 1.82) is 0 Å². The summed E-state index contributed by atoms with van der Waals surface area (Å²) >= 11 is 0. The first-order valence-corrected chi connectivity index (χ1v) is 9.66. The Morgan fingerprint density at radius 3 is 2.41 bits per heavy atom. The van der Waals surface area contributed by atoms with Crippen LogP contribution in [0.4, 0.5) is 16.2 Å². The number of unbranched alkanes of at least 4 members (excludes halogenated alkanes) is 1. The molecular formula is C22H31N3O2. The first-order valence-electron chi connectivity index (χ1n) is 9.66. The summed E-state index contributed by atoms with van der Waals surface area (Å²) in [4.78, 5) is 14.1. The van der Waals surface area contributed by atoms with Gasteiger partial charge in [-0.25, -0.2) is 4.79 Å². The number of hydrogen-bond donors (Lipinski definition) is 2. The standard InChI is InChI=1S/C22H31N3O2/c1-3-4-16-27-17-8-15-23-22(26)24-20-11-13-21(14-12-20)25(2)18-19-9-6-5-7-10-19/h5-7,9-14H,3-4,8,15-18H2,1-2H3,(H2,23,24,26). The lowest BCUT2D eigenvalue weighted by atomic mass is 10.2. The van der Waals surface area contributed by atoms with Crippen LogP contribution >= 0.6 is 0 Å². The van der Waals surface area contributed by atoms with Crippen LogP contribution in [0.3, 0.4) is 0 Å². The molecule has 0 radical (unpaired) electrons. The number of nitrogens with zero attached hydrogens (tertiary/aromatic N) is 1. The van der Waals surface area contributed by atoms with Crippen molar-refractivity contribution in [3.63, 3.8) is 0 Å². The molecule has 0 fully saturated rings. The molecule has 27 heavy (non-hydrogen) atoms. The minimum atomic E-state index is -0.186. The fraction of sp³-hybridized carbons (Fsp3) is 0.409. The lowest BCUT2D eigenvalue weighted by molar-refractivity contribution is 0.129. The van der Waals surface area contributed by atoms with Crippen LogP contribution in [0.2, 0.25) is 0 Å². The Bertz CT molecular complexity index is 659. The van der Waals surface area contributed by atoms with Gasteiger partial charge in [0.15, 0.2) is 0 Å². The molecule has 0 aromatic heterocycles. The highest BCUT2D eigenvalue weighted by molar-refractivity contribution is 5.89. The van der Waals surface area contributed by atoms with Crippen molar-refractivity contribution in [1.82, 2.24) is 5.32 Å². The molecule has 0 heterocycles. The Morgan fingerprint density at radius 1 is 1.00 bits per heavy atom. The second kappa shape index (κ2) is 12.0. The summed E-state index contributed by atoms with van der Waals surface area (Å²) in [6, 6.07) is 18.0. The van der Waals surface area contributed by atoms with Crippen LogP contribution in [-0.4, -0.2) is 32.8 Å². The molecule has 0 aliphatic carbocycles. The summed E-state index contributed by atoms with van der Waals surface area (Å²) in [5, 5.41) is 5.71. The highest BCUT2D eigenvalue weighted by Gasteiger charge is 2.04. The number of ether oxygens (including phenoxy) is 1. The van der Waals surface area contributed by atoms with Gasteiger partial charge >= 0.3 is 6.03 Å². The molecule has 146 valence electrons. The normalized spacial score (nSPS) is 10.4. The SMILES string of the molecule is CCCCOCCCNC(=O)Nc1ccc(N(C)Cc2ccccc2)cc1. The van der Waals surface area contributed by atoms with Crippen LogP contribution in [0.25, 0.3) is 0 Å². The Morgan fingerprint density at radius 2 is 1.70 bits per heavy atom. The molecule has 0 saturated carbocycles. The van der Waals surface area contributed by atoms with Gasteiger partial charge in [-0.05, 0) is 42.7 Å². The van der Waals surface area contributed by atoms with Gasteiger partial charge in [-0.2, -0.15) is 0 Å². The van der Waals surface area contributed by atoms with E-state index in [9.17, 15) is 4.79 Å². The van der Waals surface area contributed by atoms with E-state index in [0.717, 1.165) is 43.8 Å². The lowest BCUT2D eigenvalue weighted by Gasteiger charge is -2.20. The van der Waals surface area contributed by atoms with Crippen molar-refractivity contribution in [3.05, 3.63) is 60.2 Å². The van der Waals surface area contributed by atoms with Crippen LogP contribution in [0, 0.1) is 0 Å². The summed E-state index contributed by atoms with van der Waals surface area (Å²) in [7, 11) is 2.06. The van der Waals surface area contributed by atoms with Crippen molar-refractivity contribution in [2.24, 2.45) is 0 Å². The second-order valence-corrected chi connectivity index (χ2v) is 6.59. The first-order chi connectivity index (χ1) is 13.2. The maximum Gasteiger partial charge on any atom is 0.319 e. The van der Waals surface area contributed by atoms with E-state index < -0.39 is 0 Å². The minimum absolute atomic E-state index is 0.186. The molecule has 2 aromatic rings. The van der Waals surface area contributed by atoms with E-state index in [2.05, 4.69) is 41.6 Å². The zero-order valence-corrected chi connectivity index (χ0v) is 16.4. The zero-order chi connectivity index (χ0) is 19.3. The topological polar surface area (TPSA) is 53.6 Å². The predicted molar refractivity (Wildman–Crippen MR) is 112 cm³/mol. The van der Waals surface area contributed by atoms with Crippen LogP contribution in [0.5, 0.6) is 0 Å². The number of amides is 2. The fourth-order valence-corrected chi connectivity index (χ4v) is 2.65. The van der Waals surface area contributed by atoms with E-state index in [-0.39, 0.29) is 6.03 Å². The summed E-state index contributed by atoms with van der Waals surface area (Å²) in [6.45, 7) is 5.07. The molecule has 0 saturated heterocycles. The molecule has 0 unspecified atom stereocenters. The van der Waals surface area contributed by atoms with Gasteiger partial charge in [-0.1, -0.05) is 43.7 Å². The molecule has 0 aliphatic heterocycles. The smallest absolute Gasteiger partial charge is 0.319 e. The zero-order valence-electron chi connectivity index (χ0n) is 16.4. The molecule has 0 aliphatic rings. The molecule has 0 atom stereocenters. The molecule has 2 aromatic carbocycles. The van der Waals surface area contributed by atoms with E-state index >= 15 is 0 Å². The maximum atomic E-state index is 11.9. The van der Waals surface area contributed by atoms with Crippen molar-refractivity contribution < 1.29 is 9.53 Å². The minimum Gasteiger partial charge on any atom is -0.381 e. The number of benzene rings is 2. The molecular weight excluding hydrogens is 338 g/mol. The molecule has 2 rings (SSSR count). The van der Waals surface area contributed by atoms with E-state index in [1.54, 1.807) is 0 Å². The van der Waals surface area contributed by atoms with Gasteiger partial charge in [0.25, 0.3) is 0 Å². The summed E-state index contributed by atoms with van der Waals surface area (Å²) in [6.07, 6.45) is 3.05. The number of carbonyl (C=O) groups is 1. The first kappa shape index (κ1) is 20.8. The van der Waals surface area contributed by atoms with Gasteiger partial charge in [-0.3, -0.25) is 0 Å². The third kappa shape index (κ3) is 8.13. The molecule has 5 heteroatoms. The molecule has 0 bridgehead atoms. The molecule has 2 amide bonds. The molecule has 0 spiro atoms. The number of urea groups is 1. The number of rotatable bonds is 11. The largest absolute Gasteiger partial charge is 0.381 e. The Hall–Kier alpha value is -2.53. The van der Waals surface area contributed by atoms with Gasteiger partial charge in [0.05, 0.1) is 0 Å². The van der Waals surface area contributed by atoms with E-state index in [0.29, 0.717) is 13.2 Å². The molecule has 2 N–H and O–H groups in total. The third-order valence-corrected chi connectivity index (χ3v) is 4.22. The van der Waals surface area contributed by atoms with Crippen molar-refractivity contribution in [2.75, 3.05) is 37.0 Å². The van der Waals surface area contributed by atoms with Gasteiger partial charge in [0, 0.05) is 44.7 Å². The van der Waals surface area contributed by atoms with E-state index in [4.69, 9.17) is 4.74 Å². The Kier molecular flexibility index (Phi) is 9.21. The third-order valence-electron chi connectivity index (χ3n) is 4.22. The van der Waals surface area contributed by atoms with Gasteiger partial charge in [0.2, 0.25) is 0 Å². The number of anilines is 2. The van der Waals surface area contributed by atoms with Crippen molar-refractivity contribution >= 4 is 17.4 Å². The summed E-state index contributed by atoms with van der Waals surface area (Å²) in [5.41, 5.74) is 3.15. The van der Waals surface area contributed by atoms with Gasteiger partial charge < -0.3 is 20.3 Å². The Labute approximate surface area is 162 Å². The second-order valence-electron chi connectivity index (χ2n) is 6.59. The lowest BCUT2D eigenvalue weighted by Crippen LogP contribution is -2.30. The average Bonchev–Trinajstić information content (AvgIpc) is 2.68. The number of carbonyl (C=O) groups excluding carboxylic acids is 1. The highest BCUT2D eigenvalue weighted by atomic mass is 16.5. The van der Waals surface area contributed by atoms with E-state index in [1.807, 2.05) is 42.5 Å². The van der Waals surface area contributed by atoms with Crippen molar-refractivity contribution in [2.45, 2.75) is 32.7 Å². The average molecular weight is 370 g/mol. The molecule has 5 nitrogen and oxygen atoms in total. The van der Waals surface area contributed by atoms with Crippen LogP contribution in [-0.2, 0) is 11.3 Å². The van der Waals surface area contributed by atoms with E-state index in [1.165, 1.54) is 5.56 Å². The predicted octanol–water partition coefficient (Wildman–Crippen LogP) is 4.65. The monoisotopic (exact) mass is 369 g/mol. The number of nitrogens with one attached hydrogen (secondary N) is 2. The number of hydrogen-bond acceptors (Lipinski definition) is 3. The van der Waals surface area contributed by atoms with Gasteiger partial charge in [-0.15, -0.1) is 0 Å². The summed E-state index contributed by atoms with van der Waals surface area (Å²) in [5.74, 6) is 0. The summed E-state index contributed by atoms with van der Waals surface area (Å²) < 4.78 is 5.48. The van der Waals surface area contributed by atoms with Gasteiger partial charge in [0.1, 0.15) is 0 Å². The highest BCUT2D eigenvalue weighted by Crippen LogP contribution is 2.18. The van der Waals surface area contributed by atoms with Crippen LogP contribution < -0.4 is 15.5 Å². The van der Waals surface area contributed by atoms with Crippen LogP contribution in [0.15, 0.2) is 54.6 Å².